The lowest BCUT2D eigenvalue weighted by atomic mass is 9.90. The maximum atomic E-state index is 13.6. The summed E-state index contributed by atoms with van der Waals surface area (Å²) in [5.41, 5.74) is -0.0826. The van der Waals surface area contributed by atoms with E-state index in [1.54, 1.807) is 12.1 Å². The first-order chi connectivity index (χ1) is 8.01. The number of hydrogen-bond acceptors (Lipinski definition) is 2. The fourth-order valence-electron chi connectivity index (χ4n) is 2.17. The minimum absolute atomic E-state index is 0.0382. The standard InChI is InChI=1S/C13H15ClFNO/c1-13(5-2-6-16-13)12(17)7-9-3-4-10(14)8-11(9)15/h3-4,8,16H,2,5-7H2,1H3. The van der Waals surface area contributed by atoms with Gasteiger partial charge in [0.05, 0.1) is 5.54 Å². The molecule has 0 bridgehead atoms. The van der Waals surface area contributed by atoms with Crippen LogP contribution in [0.15, 0.2) is 18.2 Å². The van der Waals surface area contributed by atoms with Gasteiger partial charge in [0, 0.05) is 11.4 Å². The van der Waals surface area contributed by atoms with E-state index in [9.17, 15) is 9.18 Å². The first-order valence-corrected chi connectivity index (χ1v) is 6.11. The summed E-state index contributed by atoms with van der Waals surface area (Å²) in [6.45, 7) is 2.74. The highest BCUT2D eigenvalue weighted by molar-refractivity contribution is 6.30. The normalized spacial score (nSPS) is 23.9. The van der Waals surface area contributed by atoms with Crippen LogP contribution in [0.4, 0.5) is 4.39 Å². The summed E-state index contributed by atoms with van der Waals surface area (Å²) in [4.78, 5) is 12.1. The van der Waals surface area contributed by atoms with Crippen LogP contribution in [0.2, 0.25) is 5.02 Å². The fourth-order valence-corrected chi connectivity index (χ4v) is 2.32. The van der Waals surface area contributed by atoms with Crippen molar-refractivity contribution in [2.75, 3.05) is 6.54 Å². The Hall–Kier alpha value is -0.930. The molecule has 1 aliphatic rings. The molecular formula is C13H15ClFNO. The molecule has 17 heavy (non-hydrogen) atoms. The first-order valence-electron chi connectivity index (χ1n) is 5.73. The number of halogens is 2. The van der Waals surface area contributed by atoms with E-state index in [2.05, 4.69) is 5.32 Å². The Morgan fingerprint density at radius 1 is 1.59 bits per heavy atom. The second kappa shape index (κ2) is 4.75. The van der Waals surface area contributed by atoms with Crippen molar-refractivity contribution in [2.24, 2.45) is 0 Å². The summed E-state index contributed by atoms with van der Waals surface area (Å²) >= 11 is 5.67. The van der Waals surface area contributed by atoms with Gasteiger partial charge in [0.1, 0.15) is 5.82 Å². The van der Waals surface area contributed by atoms with Gasteiger partial charge in [-0.2, -0.15) is 0 Å². The average Bonchev–Trinajstić information content (AvgIpc) is 2.71. The van der Waals surface area contributed by atoms with Crippen LogP contribution in [0.3, 0.4) is 0 Å². The number of rotatable bonds is 3. The first kappa shape index (κ1) is 12.5. The lowest BCUT2D eigenvalue weighted by Gasteiger charge is -2.22. The van der Waals surface area contributed by atoms with E-state index >= 15 is 0 Å². The molecule has 1 fully saturated rings. The third kappa shape index (κ3) is 2.67. The van der Waals surface area contributed by atoms with Crippen molar-refractivity contribution < 1.29 is 9.18 Å². The van der Waals surface area contributed by atoms with Crippen LogP contribution in [-0.2, 0) is 11.2 Å². The Bertz CT molecular complexity index is 441. The van der Waals surface area contributed by atoms with Gasteiger partial charge in [-0.15, -0.1) is 0 Å². The molecule has 0 saturated carbocycles. The van der Waals surface area contributed by atoms with Crippen molar-refractivity contribution in [3.8, 4) is 0 Å². The van der Waals surface area contributed by atoms with E-state index in [4.69, 9.17) is 11.6 Å². The zero-order valence-corrected chi connectivity index (χ0v) is 10.5. The van der Waals surface area contributed by atoms with Crippen LogP contribution in [0.25, 0.3) is 0 Å². The maximum Gasteiger partial charge on any atom is 0.157 e. The Labute approximate surface area is 105 Å². The highest BCUT2D eigenvalue weighted by atomic mass is 35.5. The molecule has 0 spiro atoms. The molecule has 0 amide bonds. The molecule has 1 heterocycles. The number of carbonyl (C=O) groups excluding carboxylic acids is 1. The van der Waals surface area contributed by atoms with Crippen LogP contribution in [0.5, 0.6) is 0 Å². The summed E-state index contributed by atoms with van der Waals surface area (Å²) in [7, 11) is 0. The minimum Gasteiger partial charge on any atom is -0.305 e. The minimum atomic E-state index is -0.494. The Morgan fingerprint density at radius 3 is 2.94 bits per heavy atom. The highest BCUT2D eigenvalue weighted by Crippen LogP contribution is 2.23. The number of nitrogens with one attached hydrogen (secondary N) is 1. The van der Waals surface area contributed by atoms with Crippen molar-refractivity contribution in [2.45, 2.75) is 31.7 Å². The van der Waals surface area contributed by atoms with Gasteiger partial charge in [-0.05, 0) is 44.0 Å². The van der Waals surface area contributed by atoms with E-state index in [1.165, 1.54) is 6.07 Å². The Balaban J connectivity index is 2.13. The molecule has 1 saturated heterocycles. The highest BCUT2D eigenvalue weighted by Gasteiger charge is 2.35. The smallest absolute Gasteiger partial charge is 0.157 e. The topological polar surface area (TPSA) is 29.1 Å². The zero-order valence-electron chi connectivity index (χ0n) is 9.72. The van der Waals surface area contributed by atoms with Gasteiger partial charge in [0.15, 0.2) is 5.78 Å². The van der Waals surface area contributed by atoms with E-state index in [-0.39, 0.29) is 12.2 Å². The maximum absolute atomic E-state index is 13.6. The average molecular weight is 256 g/mol. The van der Waals surface area contributed by atoms with E-state index in [0.717, 1.165) is 19.4 Å². The second-order valence-corrected chi connectivity index (χ2v) is 5.13. The van der Waals surface area contributed by atoms with Gasteiger partial charge >= 0.3 is 0 Å². The van der Waals surface area contributed by atoms with E-state index in [0.29, 0.717) is 10.6 Å². The van der Waals surface area contributed by atoms with E-state index in [1.807, 2.05) is 6.92 Å². The lowest BCUT2D eigenvalue weighted by Crippen LogP contribution is -2.45. The van der Waals surface area contributed by atoms with E-state index < -0.39 is 11.4 Å². The number of Topliss-reactive ketones (excluding diaryl/α,β-unsaturated/α-hetero) is 1. The predicted octanol–water partition coefficient (Wildman–Crippen LogP) is 2.73. The molecule has 0 radical (unpaired) electrons. The number of hydrogen-bond donors (Lipinski definition) is 1. The number of ketones is 1. The van der Waals surface area contributed by atoms with Crippen molar-refractivity contribution in [1.29, 1.82) is 0 Å². The van der Waals surface area contributed by atoms with Crippen molar-refractivity contribution in [3.63, 3.8) is 0 Å². The van der Waals surface area contributed by atoms with Crippen LogP contribution in [-0.4, -0.2) is 17.9 Å². The van der Waals surface area contributed by atoms with Crippen LogP contribution in [0, 0.1) is 5.82 Å². The molecule has 1 atom stereocenters. The van der Waals surface area contributed by atoms with Crippen molar-refractivity contribution in [1.82, 2.24) is 5.32 Å². The number of benzene rings is 1. The third-order valence-corrected chi connectivity index (χ3v) is 3.59. The summed E-state index contributed by atoms with van der Waals surface area (Å²) < 4.78 is 13.6. The molecule has 4 heteroatoms. The van der Waals surface area contributed by atoms with Crippen molar-refractivity contribution >= 4 is 17.4 Å². The van der Waals surface area contributed by atoms with Gasteiger partial charge in [-0.3, -0.25) is 4.79 Å². The van der Waals surface area contributed by atoms with Gasteiger partial charge in [0.25, 0.3) is 0 Å². The lowest BCUT2D eigenvalue weighted by molar-refractivity contribution is -0.123. The predicted molar refractivity (Wildman–Crippen MR) is 65.8 cm³/mol. The molecular weight excluding hydrogens is 241 g/mol. The second-order valence-electron chi connectivity index (χ2n) is 4.70. The monoisotopic (exact) mass is 255 g/mol. The Kier molecular flexibility index (Phi) is 3.50. The molecule has 2 nitrogen and oxygen atoms in total. The fraction of sp³-hybridized carbons (Fsp3) is 0.462. The van der Waals surface area contributed by atoms with Gasteiger partial charge < -0.3 is 5.32 Å². The molecule has 0 aromatic heterocycles. The van der Waals surface area contributed by atoms with Crippen LogP contribution >= 0.6 is 11.6 Å². The Morgan fingerprint density at radius 2 is 2.35 bits per heavy atom. The molecule has 1 N–H and O–H groups in total. The summed E-state index contributed by atoms with van der Waals surface area (Å²) in [6.07, 6.45) is 1.93. The molecule has 1 aromatic carbocycles. The van der Waals surface area contributed by atoms with Crippen LogP contribution in [0.1, 0.15) is 25.3 Å². The summed E-state index contributed by atoms with van der Waals surface area (Å²) in [5, 5.41) is 3.54. The summed E-state index contributed by atoms with van der Waals surface area (Å²) in [5.74, 6) is -0.372. The molecule has 1 aliphatic heterocycles. The van der Waals surface area contributed by atoms with Crippen LogP contribution < -0.4 is 5.32 Å². The molecule has 92 valence electrons. The molecule has 1 unspecified atom stereocenters. The largest absolute Gasteiger partial charge is 0.305 e. The molecule has 1 aromatic rings. The molecule has 2 rings (SSSR count). The summed E-state index contributed by atoms with van der Waals surface area (Å²) in [6, 6.07) is 4.43. The van der Waals surface area contributed by atoms with Gasteiger partial charge in [-0.1, -0.05) is 17.7 Å². The third-order valence-electron chi connectivity index (χ3n) is 3.35. The number of carbonyl (C=O) groups is 1. The quantitative estimate of drug-likeness (QED) is 0.900. The zero-order chi connectivity index (χ0) is 12.5. The van der Waals surface area contributed by atoms with Crippen molar-refractivity contribution in [3.05, 3.63) is 34.6 Å². The molecule has 0 aliphatic carbocycles. The SMILES string of the molecule is CC1(C(=O)Cc2ccc(Cl)cc2F)CCCN1. The van der Waals surface area contributed by atoms with Gasteiger partial charge in [0.2, 0.25) is 0 Å². The van der Waals surface area contributed by atoms with Gasteiger partial charge in [-0.25, -0.2) is 4.39 Å².